The summed E-state index contributed by atoms with van der Waals surface area (Å²) < 4.78 is 10.5. The molecule has 0 saturated carbocycles. The maximum Gasteiger partial charge on any atom is 0.161 e. The van der Waals surface area contributed by atoms with Gasteiger partial charge in [0, 0.05) is 11.6 Å². The van der Waals surface area contributed by atoms with Crippen LogP contribution in [-0.2, 0) is 0 Å². The molecule has 0 amide bonds. The molecule has 0 fully saturated rings. The van der Waals surface area contributed by atoms with Crippen molar-refractivity contribution in [3.8, 4) is 11.5 Å². The van der Waals surface area contributed by atoms with Crippen LogP contribution >= 0.6 is 0 Å². The molecule has 0 aliphatic carbocycles. The topological polar surface area (TPSA) is 55.7 Å². The molecule has 1 N–H and O–H groups in total. The van der Waals surface area contributed by atoms with Crippen LogP contribution < -0.4 is 14.9 Å². The Balaban J connectivity index is 1.81. The van der Waals surface area contributed by atoms with Crippen molar-refractivity contribution in [2.24, 2.45) is 5.10 Å². The Morgan fingerprint density at radius 2 is 1.83 bits per heavy atom. The molecule has 0 aliphatic rings. The fourth-order valence-electron chi connectivity index (χ4n) is 2.30. The number of fused-ring (bicyclic) bond motifs is 1. The second-order valence-electron chi connectivity index (χ2n) is 4.87. The van der Waals surface area contributed by atoms with E-state index in [0.29, 0.717) is 11.5 Å². The molecular formula is C18H17N3O2. The molecule has 2 aromatic carbocycles. The van der Waals surface area contributed by atoms with Gasteiger partial charge in [0.2, 0.25) is 0 Å². The van der Waals surface area contributed by atoms with Crippen molar-refractivity contribution in [1.82, 2.24) is 4.98 Å². The first-order valence-corrected chi connectivity index (χ1v) is 7.16. The molecule has 0 bridgehead atoms. The number of rotatable bonds is 5. The third kappa shape index (κ3) is 3.23. The molecule has 5 heteroatoms. The lowest BCUT2D eigenvalue weighted by Gasteiger charge is -2.07. The zero-order chi connectivity index (χ0) is 16.1. The third-order valence-electron chi connectivity index (χ3n) is 3.44. The number of hydrazone groups is 1. The summed E-state index contributed by atoms with van der Waals surface area (Å²) in [5, 5.41) is 5.35. The highest BCUT2D eigenvalue weighted by Crippen LogP contribution is 2.27. The van der Waals surface area contributed by atoms with Gasteiger partial charge in [-0.1, -0.05) is 18.2 Å². The van der Waals surface area contributed by atoms with Crippen molar-refractivity contribution in [3.05, 3.63) is 60.3 Å². The largest absolute Gasteiger partial charge is 0.493 e. The number of anilines is 1. The maximum atomic E-state index is 5.28. The van der Waals surface area contributed by atoms with Gasteiger partial charge in [0.25, 0.3) is 0 Å². The molecule has 116 valence electrons. The van der Waals surface area contributed by atoms with Gasteiger partial charge in [-0.05, 0) is 35.9 Å². The zero-order valence-corrected chi connectivity index (χ0v) is 13.0. The molecule has 1 heterocycles. The number of hydrogen-bond acceptors (Lipinski definition) is 5. The number of aromatic nitrogens is 1. The Morgan fingerprint density at radius 3 is 2.65 bits per heavy atom. The third-order valence-corrected chi connectivity index (χ3v) is 3.44. The Kier molecular flexibility index (Phi) is 4.38. The summed E-state index contributed by atoms with van der Waals surface area (Å²) in [6.07, 6.45) is 3.50. The minimum Gasteiger partial charge on any atom is -0.493 e. The van der Waals surface area contributed by atoms with Crippen molar-refractivity contribution in [3.63, 3.8) is 0 Å². The summed E-state index contributed by atoms with van der Waals surface area (Å²) in [4.78, 5) is 4.38. The standard InChI is InChI=1S/C18H17N3O2/c1-22-16-9-8-13(11-17(16)23-2)12-20-21-15-7-3-5-14-6-4-10-19-18(14)15/h3-12,21H,1-2H3/b20-12+. The summed E-state index contributed by atoms with van der Waals surface area (Å²) >= 11 is 0. The minimum absolute atomic E-state index is 0.670. The predicted molar refractivity (Wildman–Crippen MR) is 92.5 cm³/mol. The number of hydrogen-bond donors (Lipinski definition) is 1. The van der Waals surface area contributed by atoms with Gasteiger partial charge in [-0.15, -0.1) is 0 Å². The highest BCUT2D eigenvalue weighted by Gasteiger charge is 2.03. The number of nitrogens with zero attached hydrogens (tertiary/aromatic N) is 2. The SMILES string of the molecule is COc1ccc(/C=N/Nc2cccc3cccnc23)cc1OC. The molecule has 0 radical (unpaired) electrons. The second-order valence-corrected chi connectivity index (χ2v) is 4.87. The van der Waals surface area contributed by atoms with Gasteiger partial charge in [0.15, 0.2) is 11.5 Å². The first-order valence-electron chi connectivity index (χ1n) is 7.16. The molecule has 0 atom stereocenters. The van der Waals surface area contributed by atoms with Crippen LogP contribution in [0.5, 0.6) is 11.5 Å². The lowest BCUT2D eigenvalue weighted by atomic mass is 10.2. The van der Waals surface area contributed by atoms with Crippen molar-refractivity contribution in [2.45, 2.75) is 0 Å². The van der Waals surface area contributed by atoms with Gasteiger partial charge in [0.1, 0.15) is 0 Å². The van der Waals surface area contributed by atoms with E-state index in [-0.39, 0.29) is 0 Å². The van der Waals surface area contributed by atoms with E-state index in [1.54, 1.807) is 26.6 Å². The van der Waals surface area contributed by atoms with Gasteiger partial charge < -0.3 is 9.47 Å². The van der Waals surface area contributed by atoms with E-state index in [2.05, 4.69) is 15.5 Å². The number of methoxy groups -OCH3 is 2. The van der Waals surface area contributed by atoms with Gasteiger partial charge >= 0.3 is 0 Å². The maximum absolute atomic E-state index is 5.28. The Morgan fingerprint density at radius 1 is 1.00 bits per heavy atom. The number of para-hydroxylation sites is 1. The molecule has 0 spiro atoms. The number of benzene rings is 2. The van der Waals surface area contributed by atoms with Crippen LogP contribution in [-0.4, -0.2) is 25.4 Å². The highest BCUT2D eigenvalue weighted by molar-refractivity contribution is 5.90. The van der Waals surface area contributed by atoms with Crippen LogP contribution in [0.1, 0.15) is 5.56 Å². The van der Waals surface area contributed by atoms with E-state index >= 15 is 0 Å². The van der Waals surface area contributed by atoms with Crippen LogP contribution in [0.3, 0.4) is 0 Å². The lowest BCUT2D eigenvalue weighted by molar-refractivity contribution is 0.355. The van der Waals surface area contributed by atoms with Crippen LogP contribution in [0.4, 0.5) is 5.69 Å². The van der Waals surface area contributed by atoms with E-state index in [9.17, 15) is 0 Å². The monoisotopic (exact) mass is 307 g/mol. The summed E-state index contributed by atoms with van der Waals surface area (Å²) in [6, 6.07) is 15.5. The van der Waals surface area contributed by atoms with Crippen LogP contribution in [0, 0.1) is 0 Å². The Hall–Kier alpha value is -3.08. The molecule has 3 aromatic rings. The summed E-state index contributed by atoms with van der Waals surface area (Å²) in [5.74, 6) is 1.36. The van der Waals surface area contributed by atoms with E-state index in [4.69, 9.17) is 9.47 Å². The van der Waals surface area contributed by atoms with Crippen LogP contribution in [0.15, 0.2) is 59.8 Å². The fourth-order valence-corrected chi connectivity index (χ4v) is 2.30. The van der Waals surface area contributed by atoms with Crippen LogP contribution in [0.25, 0.3) is 10.9 Å². The molecule has 0 unspecified atom stereocenters. The second kappa shape index (κ2) is 6.79. The first kappa shape index (κ1) is 14.8. The molecular weight excluding hydrogens is 290 g/mol. The normalized spacial score (nSPS) is 10.9. The van der Waals surface area contributed by atoms with E-state index in [1.807, 2.05) is 48.5 Å². The van der Waals surface area contributed by atoms with Crippen molar-refractivity contribution in [2.75, 3.05) is 19.6 Å². The average Bonchev–Trinajstić information content (AvgIpc) is 2.61. The molecule has 1 aromatic heterocycles. The van der Waals surface area contributed by atoms with Crippen molar-refractivity contribution >= 4 is 22.8 Å². The summed E-state index contributed by atoms with van der Waals surface area (Å²) in [6.45, 7) is 0. The molecule has 23 heavy (non-hydrogen) atoms. The summed E-state index contributed by atoms with van der Waals surface area (Å²) in [7, 11) is 3.22. The van der Waals surface area contributed by atoms with Crippen molar-refractivity contribution < 1.29 is 9.47 Å². The molecule has 0 saturated heterocycles. The lowest BCUT2D eigenvalue weighted by Crippen LogP contribution is -1.95. The number of ether oxygens (including phenoxy) is 2. The van der Waals surface area contributed by atoms with Crippen molar-refractivity contribution in [1.29, 1.82) is 0 Å². The Bertz CT molecular complexity index is 841. The van der Waals surface area contributed by atoms with E-state index in [0.717, 1.165) is 22.2 Å². The minimum atomic E-state index is 0.670. The van der Waals surface area contributed by atoms with Gasteiger partial charge in [0.05, 0.1) is 31.6 Å². The quantitative estimate of drug-likeness (QED) is 0.577. The van der Waals surface area contributed by atoms with Crippen LogP contribution in [0.2, 0.25) is 0 Å². The molecule has 0 aliphatic heterocycles. The predicted octanol–water partition coefficient (Wildman–Crippen LogP) is 3.70. The fraction of sp³-hybridized carbons (Fsp3) is 0.111. The van der Waals surface area contributed by atoms with E-state index in [1.165, 1.54) is 0 Å². The number of pyridine rings is 1. The van der Waals surface area contributed by atoms with Gasteiger partial charge in [-0.2, -0.15) is 5.10 Å². The molecule has 3 rings (SSSR count). The Labute approximate surface area is 134 Å². The first-order chi connectivity index (χ1) is 11.3. The number of nitrogens with one attached hydrogen (secondary N) is 1. The van der Waals surface area contributed by atoms with Gasteiger partial charge in [-0.25, -0.2) is 0 Å². The highest BCUT2D eigenvalue weighted by atomic mass is 16.5. The summed E-state index contributed by atoms with van der Waals surface area (Å²) in [5.41, 5.74) is 5.69. The zero-order valence-electron chi connectivity index (χ0n) is 13.0. The van der Waals surface area contributed by atoms with E-state index < -0.39 is 0 Å². The average molecular weight is 307 g/mol. The van der Waals surface area contributed by atoms with Gasteiger partial charge in [-0.3, -0.25) is 10.4 Å². The molecule has 5 nitrogen and oxygen atoms in total. The smallest absolute Gasteiger partial charge is 0.161 e.